The zero-order chi connectivity index (χ0) is 21.8. The van der Waals surface area contributed by atoms with Crippen LogP contribution < -0.4 is 13.7 Å². The van der Waals surface area contributed by atoms with Gasteiger partial charge in [0.1, 0.15) is 69.0 Å². The highest BCUT2D eigenvalue weighted by molar-refractivity contribution is 5.56. The van der Waals surface area contributed by atoms with Crippen molar-refractivity contribution in [1.82, 2.24) is 23.7 Å². The van der Waals surface area contributed by atoms with Crippen LogP contribution in [0.3, 0.4) is 0 Å². The third kappa shape index (κ3) is 4.64. The summed E-state index contributed by atoms with van der Waals surface area (Å²) in [6.45, 7) is 3.72. The minimum atomic E-state index is 0.869. The number of rotatable bonds is 8. The summed E-state index contributed by atoms with van der Waals surface area (Å²) in [5.41, 5.74) is 2.81. The number of hydrogen-bond acceptors (Lipinski definition) is 2. The van der Waals surface area contributed by atoms with Crippen LogP contribution >= 0.6 is 0 Å². The molecular formula is C24H27N8+3. The van der Waals surface area contributed by atoms with Crippen molar-refractivity contribution in [3.05, 3.63) is 98.9 Å². The van der Waals surface area contributed by atoms with Gasteiger partial charge in [0, 0.05) is 24.5 Å². The molecule has 0 aliphatic carbocycles. The Morgan fingerprint density at radius 3 is 2.28 bits per heavy atom. The molecule has 0 radical (unpaired) electrons. The van der Waals surface area contributed by atoms with E-state index in [-0.39, 0.29) is 0 Å². The van der Waals surface area contributed by atoms with Crippen molar-refractivity contribution in [2.24, 2.45) is 7.05 Å². The van der Waals surface area contributed by atoms with Gasteiger partial charge in [-0.3, -0.25) is 9.97 Å². The average Bonchev–Trinajstić information content (AvgIpc) is 3.58. The van der Waals surface area contributed by atoms with Crippen molar-refractivity contribution in [3.63, 3.8) is 0 Å². The van der Waals surface area contributed by atoms with E-state index in [1.807, 2.05) is 37.5 Å². The molecule has 0 bridgehead atoms. The van der Waals surface area contributed by atoms with Gasteiger partial charge in [-0.05, 0) is 12.1 Å². The summed E-state index contributed by atoms with van der Waals surface area (Å²) in [6, 6.07) is 9.94. The Labute approximate surface area is 186 Å². The van der Waals surface area contributed by atoms with E-state index in [9.17, 15) is 0 Å². The summed E-state index contributed by atoms with van der Waals surface area (Å²) in [5.74, 6) is 0. The fraction of sp³-hybridized carbons (Fsp3) is 0.208. The van der Waals surface area contributed by atoms with E-state index >= 15 is 0 Å². The average molecular weight is 428 g/mol. The summed E-state index contributed by atoms with van der Waals surface area (Å²) in [5, 5.41) is 0. The number of hydrogen-bond donors (Lipinski definition) is 0. The standard InChI is InChI=1S/C24H27N8/c1-27-8-9-28(19-27)10-11-29-12-13-30(20-29)14-15-31-16-17-32(21-31)22-5-7-26-24(18-22)23-4-2-3-6-25-23/h2-9,12-13,16-21H,10-11,14-15H2,1H3/q+3. The Bertz CT molecular complexity index is 1300. The first-order valence-electron chi connectivity index (χ1n) is 10.7. The van der Waals surface area contributed by atoms with Gasteiger partial charge in [-0.25, -0.2) is 27.4 Å². The minimum Gasteiger partial charge on any atom is -0.255 e. The molecule has 0 amide bonds. The smallest absolute Gasteiger partial charge is 0.249 e. The first-order chi connectivity index (χ1) is 15.7. The molecule has 160 valence electrons. The van der Waals surface area contributed by atoms with Gasteiger partial charge in [0.15, 0.2) is 0 Å². The molecule has 0 fully saturated rings. The summed E-state index contributed by atoms with van der Waals surface area (Å²) >= 11 is 0. The number of nitrogens with zero attached hydrogens (tertiary/aromatic N) is 8. The van der Waals surface area contributed by atoms with Crippen molar-refractivity contribution in [2.75, 3.05) is 0 Å². The van der Waals surface area contributed by atoms with Crippen LogP contribution in [0.2, 0.25) is 0 Å². The zero-order valence-electron chi connectivity index (χ0n) is 18.1. The molecule has 0 unspecified atom stereocenters. The van der Waals surface area contributed by atoms with E-state index in [0.717, 1.165) is 43.3 Å². The number of aromatic nitrogens is 8. The van der Waals surface area contributed by atoms with Gasteiger partial charge in [0.25, 0.3) is 0 Å². The fourth-order valence-corrected chi connectivity index (χ4v) is 3.71. The number of aryl methyl sites for hydroxylation is 5. The van der Waals surface area contributed by atoms with Gasteiger partial charge in [-0.15, -0.1) is 0 Å². The first kappa shape index (κ1) is 19.9. The summed E-state index contributed by atoms with van der Waals surface area (Å²) in [6.07, 6.45) is 22.6. The van der Waals surface area contributed by atoms with Crippen molar-refractivity contribution in [2.45, 2.75) is 26.2 Å². The van der Waals surface area contributed by atoms with E-state index in [4.69, 9.17) is 0 Å². The van der Waals surface area contributed by atoms with Crippen LogP contribution in [0.15, 0.2) is 98.9 Å². The summed E-state index contributed by atoms with van der Waals surface area (Å²) < 4.78 is 13.0. The van der Waals surface area contributed by atoms with E-state index in [0.29, 0.717) is 0 Å². The largest absolute Gasteiger partial charge is 0.255 e. The Balaban J connectivity index is 1.20. The molecule has 5 aromatic heterocycles. The van der Waals surface area contributed by atoms with Crippen LogP contribution in [0.25, 0.3) is 17.1 Å². The second-order valence-electron chi connectivity index (χ2n) is 7.88. The summed E-state index contributed by atoms with van der Waals surface area (Å²) in [4.78, 5) is 8.87. The van der Waals surface area contributed by atoms with Gasteiger partial charge in [-0.2, -0.15) is 0 Å². The van der Waals surface area contributed by atoms with Crippen molar-refractivity contribution in [3.8, 4) is 17.1 Å². The van der Waals surface area contributed by atoms with Crippen LogP contribution in [0.5, 0.6) is 0 Å². The predicted molar refractivity (Wildman–Crippen MR) is 117 cm³/mol. The van der Waals surface area contributed by atoms with E-state index in [1.54, 1.807) is 6.20 Å². The third-order valence-electron chi connectivity index (χ3n) is 5.46. The van der Waals surface area contributed by atoms with Gasteiger partial charge in [-0.1, -0.05) is 6.07 Å². The van der Waals surface area contributed by atoms with Gasteiger partial charge in [0.2, 0.25) is 19.0 Å². The second kappa shape index (κ2) is 8.97. The Morgan fingerprint density at radius 1 is 0.750 bits per heavy atom. The predicted octanol–water partition coefficient (Wildman–Crippen LogP) is 1.34. The van der Waals surface area contributed by atoms with Crippen LogP contribution in [-0.2, 0) is 33.2 Å². The van der Waals surface area contributed by atoms with Gasteiger partial charge >= 0.3 is 0 Å². The molecule has 5 rings (SSSR count). The quantitative estimate of drug-likeness (QED) is 0.351. The third-order valence-corrected chi connectivity index (χ3v) is 5.46. The first-order valence-corrected chi connectivity index (χ1v) is 10.7. The lowest BCUT2D eigenvalue weighted by Gasteiger charge is -2.01. The maximum absolute atomic E-state index is 4.46. The Kier molecular flexibility index (Phi) is 5.57. The Hall–Kier alpha value is -4.07. The molecule has 0 atom stereocenters. The minimum absolute atomic E-state index is 0.869. The van der Waals surface area contributed by atoms with Crippen LogP contribution in [0.1, 0.15) is 0 Å². The SMILES string of the molecule is C[n+]1ccn(CCn2cc[n+](CC[n+]3ccn(-c4ccnc(-c5ccccn5)c4)c3)c2)c1. The summed E-state index contributed by atoms with van der Waals surface area (Å²) in [7, 11) is 2.04. The van der Waals surface area contributed by atoms with Gasteiger partial charge < -0.3 is 0 Å². The maximum Gasteiger partial charge on any atom is 0.249 e. The lowest BCUT2D eigenvalue weighted by atomic mass is 10.2. The second-order valence-corrected chi connectivity index (χ2v) is 7.88. The van der Waals surface area contributed by atoms with Crippen LogP contribution in [-0.4, -0.2) is 23.7 Å². The number of imidazole rings is 3. The molecule has 5 aromatic rings. The monoisotopic (exact) mass is 427 g/mol. The van der Waals surface area contributed by atoms with Crippen LogP contribution in [0, 0.1) is 0 Å². The lowest BCUT2D eigenvalue weighted by Crippen LogP contribution is -2.42. The highest BCUT2D eigenvalue weighted by Crippen LogP contribution is 2.16. The molecule has 0 aliphatic heterocycles. The van der Waals surface area contributed by atoms with Crippen molar-refractivity contribution in [1.29, 1.82) is 0 Å². The molecular weight excluding hydrogens is 400 g/mol. The molecule has 0 N–H and O–H groups in total. The van der Waals surface area contributed by atoms with Crippen LogP contribution in [0.4, 0.5) is 0 Å². The fourth-order valence-electron chi connectivity index (χ4n) is 3.71. The molecule has 5 heterocycles. The normalized spacial score (nSPS) is 11.2. The molecule has 0 aliphatic rings. The lowest BCUT2D eigenvalue weighted by molar-refractivity contribution is -0.777. The molecule has 8 heteroatoms. The van der Waals surface area contributed by atoms with Crippen molar-refractivity contribution < 1.29 is 13.7 Å². The maximum atomic E-state index is 4.46. The molecule has 8 nitrogen and oxygen atoms in total. The zero-order valence-corrected chi connectivity index (χ0v) is 18.1. The molecule has 0 spiro atoms. The van der Waals surface area contributed by atoms with Gasteiger partial charge in [0.05, 0.1) is 18.4 Å². The molecule has 0 aromatic carbocycles. The number of pyridine rings is 2. The van der Waals surface area contributed by atoms with Crippen molar-refractivity contribution >= 4 is 0 Å². The van der Waals surface area contributed by atoms with E-state index in [2.05, 4.69) is 99.6 Å². The Morgan fingerprint density at radius 2 is 1.50 bits per heavy atom. The van der Waals surface area contributed by atoms with E-state index in [1.165, 1.54) is 0 Å². The highest BCUT2D eigenvalue weighted by atomic mass is 15.2. The molecule has 0 saturated heterocycles. The molecule has 32 heavy (non-hydrogen) atoms. The highest BCUT2D eigenvalue weighted by Gasteiger charge is 2.11. The van der Waals surface area contributed by atoms with E-state index < -0.39 is 0 Å². The topological polar surface area (TPSA) is 52.2 Å². The molecule has 0 saturated carbocycles.